The minimum atomic E-state index is -2.43. The Hall–Kier alpha value is -2.51. The smallest absolute Gasteiger partial charge is 0.315 e. The first-order valence-electron chi connectivity index (χ1n) is 10.1. The molecule has 6 nitrogen and oxygen atoms in total. The highest BCUT2D eigenvalue weighted by molar-refractivity contribution is 5.83. The number of aromatic nitrogens is 2. The van der Waals surface area contributed by atoms with Gasteiger partial charge in [0.1, 0.15) is 6.04 Å². The van der Waals surface area contributed by atoms with E-state index in [1.165, 1.54) is 19.2 Å². The molecule has 2 aromatic rings. The van der Waals surface area contributed by atoms with Crippen molar-refractivity contribution in [3.63, 3.8) is 0 Å². The molecule has 2 heterocycles. The summed E-state index contributed by atoms with van der Waals surface area (Å²) in [6.45, 7) is 3.59. The molecule has 1 aromatic heterocycles. The van der Waals surface area contributed by atoms with Gasteiger partial charge in [-0.2, -0.15) is 0 Å². The normalized spacial score (nSPS) is 24.2. The van der Waals surface area contributed by atoms with E-state index in [0.29, 0.717) is 11.4 Å². The number of alkyl halides is 2. The van der Waals surface area contributed by atoms with Crippen LogP contribution in [0.3, 0.4) is 0 Å². The lowest BCUT2D eigenvalue weighted by Crippen LogP contribution is -2.45. The second kappa shape index (κ2) is 7.72. The second-order valence-electron chi connectivity index (χ2n) is 8.36. The molecule has 29 heavy (non-hydrogen) atoms. The summed E-state index contributed by atoms with van der Waals surface area (Å²) in [6.07, 6.45) is 6.29. The van der Waals surface area contributed by atoms with E-state index in [1.54, 1.807) is 24.3 Å². The van der Waals surface area contributed by atoms with Crippen molar-refractivity contribution in [1.82, 2.24) is 15.1 Å². The molecule has 156 valence electrons. The van der Waals surface area contributed by atoms with Gasteiger partial charge in [-0.15, -0.1) is 5.10 Å². The van der Waals surface area contributed by atoms with Gasteiger partial charge in [0.2, 0.25) is 12.3 Å². The third kappa shape index (κ3) is 4.74. The fourth-order valence-corrected chi connectivity index (χ4v) is 3.90. The van der Waals surface area contributed by atoms with Crippen LogP contribution in [0, 0.1) is 5.41 Å². The molecular weight excluding hydrogens is 378 g/mol. The van der Waals surface area contributed by atoms with Crippen molar-refractivity contribution in [3.05, 3.63) is 42.3 Å². The van der Waals surface area contributed by atoms with E-state index in [4.69, 9.17) is 4.42 Å². The van der Waals surface area contributed by atoms with Crippen LogP contribution in [-0.4, -0.2) is 46.1 Å². The third-order valence-electron chi connectivity index (χ3n) is 6.19. The number of nitrogens with zero attached hydrogens (tertiary/aromatic N) is 3. The maximum Gasteiger partial charge on any atom is 0.315 e. The zero-order valence-corrected chi connectivity index (χ0v) is 16.5. The number of hydrogen-bond acceptors (Lipinski definition) is 5. The number of carbonyl (C=O) groups excluding carboxylic acids is 1. The molecule has 3 aliphatic rings. The van der Waals surface area contributed by atoms with Crippen molar-refractivity contribution in [2.75, 3.05) is 18.4 Å². The van der Waals surface area contributed by atoms with Gasteiger partial charge in [-0.25, -0.2) is 8.78 Å². The van der Waals surface area contributed by atoms with E-state index in [0.717, 1.165) is 31.5 Å². The summed E-state index contributed by atoms with van der Waals surface area (Å²) in [5.41, 5.74) is 1.36. The number of hydrogen-bond donors (Lipinski definition) is 1. The molecule has 2 atom stereocenters. The summed E-state index contributed by atoms with van der Waals surface area (Å²) in [5, 5.41) is 10.2. The number of piperidine rings is 1. The van der Waals surface area contributed by atoms with Gasteiger partial charge < -0.3 is 14.6 Å². The van der Waals surface area contributed by atoms with Crippen LogP contribution < -0.4 is 5.32 Å². The molecule has 1 N–H and O–H groups in total. The highest BCUT2D eigenvalue weighted by Crippen LogP contribution is 2.55. The lowest BCUT2D eigenvalue weighted by Gasteiger charge is -2.33. The molecule has 2 unspecified atom stereocenters. The molecule has 0 bridgehead atoms. The summed E-state index contributed by atoms with van der Waals surface area (Å²) in [5.74, 6) is -2.83. The molecule has 5 rings (SSSR count). The number of carbonyl (C=O) groups is 1. The van der Waals surface area contributed by atoms with Crippen LogP contribution in [0.1, 0.15) is 50.5 Å². The summed E-state index contributed by atoms with van der Waals surface area (Å²) >= 11 is 0. The lowest BCUT2D eigenvalue weighted by molar-refractivity contribution is -0.133. The van der Waals surface area contributed by atoms with Gasteiger partial charge in [-0.05, 0) is 43.6 Å². The average molecular weight is 404 g/mol. The van der Waals surface area contributed by atoms with Gasteiger partial charge in [0.15, 0.2) is 0 Å². The zero-order chi connectivity index (χ0) is 20.5. The van der Waals surface area contributed by atoms with Crippen molar-refractivity contribution in [1.29, 1.82) is 0 Å². The molecule has 2 aliphatic carbocycles. The summed E-state index contributed by atoms with van der Waals surface area (Å²) in [4.78, 5) is 14.2. The number of anilines is 1. The van der Waals surface area contributed by atoms with Crippen molar-refractivity contribution in [2.24, 2.45) is 5.41 Å². The molecule has 2 saturated carbocycles. The predicted octanol–water partition coefficient (Wildman–Crippen LogP) is 4.08. The summed E-state index contributed by atoms with van der Waals surface area (Å²) < 4.78 is 29.9. The van der Waals surface area contributed by atoms with Crippen molar-refractivity contribution in [2.45, 2.75) is 56.9 Å². The Labute approximate surface area is 168 Å². The molecule has 1 aromatic carbocycles. The zero-order valence-electron chi connectivity index (χ0n) is 16.5. The number of rotatable bonds is 4. The highest BCUT2D eigenvalue weighted by Gasteiger charge is 2.57. The van der Waals surface area contributed by atoms with Crippen molar-refractivity contribution in [3.8, 4) is 0 Å². The predicted molar refractivity (Wildman–Crippen MR) is 104 cm³/mol. The second-order valence-corrected chi connectivity index (χ2v) is 8.36. The van der Waals surface area contributed by atoms with Crippen LogP contribution in [-0.2, 0) is 4.79 Å². The Balaban J connectivity index is 0.000000159. The first-order valence-corrected chi connectivity index (χ1v) is 10.1. The molecule has 1 amide bonds. The first kappa shape index (κ1) is 19.8. The van der Waals surface area contributed by atoms with Crippen LogP contribution >= 0.6 is 0 Å². The highest BCUT2D eigenvalue weighted by atomic mass is 19.3. The fourth-order valence-electron chi connectivity index (χ4n) is 3.90. The van der Waals surface area contributed by atoms with E-state index in [2.05, 4.69) is 15.5 Å². The Bertz CT molecular complexity index is 814. The summed E-state index contributed by atoms with van der Waals surface area (Å²) in [7, 11) is 0. The Kier molecular flexibility index (Phi) is 5.27. The van der Waals surface area contributed by atoms with E-state index in [1.807, 2.05) is 17.9 Å². The van der Waals surface area contributed by atoms with Gasteiger partial charge in [-0.3, -0.25) is 4.79 Å². The quantitative estimate of drug-likeness (QED) is 0.831. The fraction of sp³-hybridized carbons (Fsp3) is 0.571. The Morgan fingerprint density at radius 1 is 1.21 bits per heavy atom. The molecule has 1 spiro atoms. The molecular formula is C21H26F2N4O2. The molecule has 1 aliphatic heterocycles. The van der Waals surface area contributed by atoms with E-state index < -0.39 is 11.8 Å². The third-order valence-corrected chi connectivity index (χ3v) is 6.19. The van der Waals surface area contributed by atoms with Crippen LogP contribution in [0.4, 0.5) is 14.8 Å². The number of amides is 1. The molecule has 0 radical (unpaired) electrons. The number of nitrogens with one attached hydrogen (secondary N) is 1. The molecule has 8 heteroatoms. The number of likely N-dealkylation sites (tertiary alicyclic amines) is 1. The molecule has 3 fully saturated rings. The Morgan fingerprint density at radius 2 is 1.86 bits per heavy atom. The standard InChI is InChI=1S/C12H18N4O2.C9H8F2/c1-9(14-11-15-13-8-18-11)10(17)16-6-4-12(2-3-12)5-7-16;10-9(11)6-8(9)7-4-2-1-3-5-7/h8-9H,2-7H2,1H3,(H,14,15);1-5,8H,6H2. The topological polar surface area (TPSA) is 71.3 Å². The number of halogens is 2. The average Bonchev–Trinajstić information content (AvgIpc) is 3.55. The first-order chi connectivity index (χ1) is 13.9. The van der Waals surface area contributed by atoms with Gasteiger partial charge in [-0.1, -0.05) is 35.4 Å². The van der Waals surface area contributed by atoms with Gasteiger partial charge in [0, 0.05) is 19.5 Å². The van der Waals surface area contributed by atoms with Gasteiger partial charge in [0.25, 0.3) is 5.92 Å². The minimum absolute atomic E-state index is 0.0248. The van der Waals surface area contributed by atoms with Crippen LogP contribution in [0.2, 0.25) is 0 Å². The van der Waals surface area contributed by atoms with Crippen molar-refractivity contribution >= 4 is 11.9 Å². The van der Waals surface area contributed by atoms with E-state index in [9.17, 15) is 13.6 Å². The SMILES string of the molecule is CC(Nc1nnco1)C(=O)N1CCC2(CC1)CC2.FC1(F)CC1c1ccccc1. The Morgan fingerprint density at radius 3 is 2.38 bits per heavy atom. The summed E-state index contributed by atoms with van der Waals surface area (Å²) in [6, 6.07) is 8.92. The largest absolute Gasteiger partial charge is 0.411 e. The minimum Gasteiger partial charge on any atom is -0.411 e. The van der Waals surface area contributed by atoms with Crippen molar-refractivity contribution < 1.29 is 18.0 Å². The van der Waals surface area contributed by atoms with E-state index >= 15 is 0 Å². The number of benzene rings is 1. The van der Waals surface area contributed by atoms with Crippen LogP contribution in [0.5, 0.6) is 0 Å². The maximum absolute atomic E-state index is 12.5. The van der Waals surface area contributed by atoms with Gasteiger partial charge in [0.05, 0.1) is 5.92 Å². The monoisotopic (exact) mass is 404 g/mol. The maximum atomic E-state index is 12.5. The van der Waals surface area contributed by atoms with Crippen LogP contribution in [0.15, 0.2) is 41.1 Å². The van der Waals surface area contributed by atoms with Gasteiger partial charge >= 0.3 is 6.01 Å². The molecule has 1 saturated heterocycles. The lowest BCUT2D eigenvalue weighted by atomic mass is 9.93. The van der Waals surface area contributed by atoms with E-state index in [-0.39, 0.29) is 18.4 Å². The van der Waals surface area contributed by atoms with Crippen LogP contribution in [0.25, 0.3) is 0 Å².